The second-order valence-electron chi connectivity index (χ2n) is 7.04. The Balaban J connectivity index is 2.51. The third kappa shape index (κ3) is 5.27. The Morgan fingerprint density at radius 1 is 1.28 bits per heavy atom. The topological polar surface area (TPSA) is 15.3 Å². The van der Waals surface area contributed by atoms with Crippen LogP contribution in [0, 0.1) is 17.3 Å². The Hall–Kier alpha value is -0.0800. The van der Waals surface area contributed by atoms with Crippen LogP contribution in [0.2, 0.25) is 0 Å². The fraction of sp³-hybridized carbons (Fsp3) is 1.00. The van der Waals surface area contributed by atoms with Gasteiger partial charge in [0.2, 0.25) is 0 Å². The molecule has 0 aromatic rings. The molecule has 18 heavy (non-hydrogen) atoms. The maximum absolute atomic E-state index is 3.71. The minimum Gasteiger partial charge on any atom is -0.316 e. The summed E-state index contributed by atoms with van der Waals surface area (Å²) >= 11 is 0. The van der Waals surface area contributed by atoms with Gasteiger partial charge in [0.15, 0.2) is 0 Å². The number of hydrogen-bond donors (Lipinski definition) is 1. The largest absolute Gasteiger partial charge is 0.316 e. The van der Waals surface area contributed by atoms with Crippen molar-refractivity contribution in [2.75, 3.05) is 33.2 Å². The third-order valence-corrected chi connectivity index (χ3v) is 4.53. The van der Waals surface area contributed by atoms with Crippen molar-refractivity contribution in [1.29, 1.82) is 0 Å². The lowest BCUT2D eigenvalue weighted by Crippen LogP contribution is -2.45. The fourth-order valence-electron chi connectivity index (χ4n) is 3.08. The fourth-order valence-corrected chi connectivity index (χ4v) is 3.08. The van der Waals surface area contributed by atoms with Crippen LogP contribution in [0.25, 0.3) is 0 Å². The highest BCUT2D eigenvalue weighted by Gasteiger charge is 2.34. The molecule has 0 amide bonds. The zero-order valence-electron chi connectivity index (χ0n) is 13.3. The zero-order valence-corrected chi connectivity index (χ0v) is 13.3. The summed E-state index contributed by atoms with van der Waals surface area (Å²) in [6, 6.07) is 0. The molecule has 0 atom stereocenters. The number of hydrogen-bond acceptors (Lipinski definition) is 2. The molecule has 0 aromatic carbocycles. The van der Waals surface area contributed by atoms with Crippen LogP contribution >= 0.6 is 0 Å². The van der Waals surface area contributed by atoms with Crippen molar-refractivity contribution in [3.05, 3.63) is 0 Å². The summed E-state index contributed by atoms with van der Waals surface area (Å²) in [5.74, 6) is 1.70. The predicted molar refractivity (Wildman–Crippen MR) is 80.9 cm³/mol. The molecule has 1 N–H and O–H groups in total. The molecule has 1 saturated carbocycles. The predicted octanol–water partition coefficient (Wildman–Crippen LogP) is 3.38. The molecule has 0 radical (unpaired) electrons. The third-order valence-electron chi connectivity index (χ3n) is 4.53. The van der Waals surface area contributed by atoms with E-state index in [-0.39, 0.29) is 0 Å². The van der Waals surface area contributed by atoms with Crippen molar-refractivity contribution in [1.82, 2.24) is 10.2 Å². The summed E-state index contributed by atoms with van der Waals surface area (Å²) in [4.78, 5) is 2.49. The Bertz CT molecular complexity index is 217. The standard InChI is InChI=1S/C16H34N2/c1-6-18(5)13-16(12-17-11-14(2)3)9-7-15(4)8-10-16/h14-15,17H,6-13H2,1-5H3. The molecule has 108 valence electrons. The lowest BCUT2D eigenvalue weighted by atomic mass is 9.70. The Morgan fingerprint density at radius 3 is 2.39 bits per heavy atom. The highest BCUT2D eigenvalue weighted by Crippen LogP contribution is 2.39. The van der Waals surface area contributed by atoms with E-state index >= 15 is 0 Å². The van der Waals surface area contributed by atoms with Gasteiger partial charge in [0.05, 0.1) is 0 Å². The summed E-state index contributed by atoms with van der Waals surface area (Å²) in [5, 5.41) is 3.71. The number of nitrogens with zero attached hydrogens (tertiary/aromatic N) is 1. The molecule has 0 saturated heterocycles. The second kappa shape index (κ2) is 7.49. The highest BCUT2D eigenvalue weighted by molar-refractivity contribution is 4.88. The monoisotopic (exact) mass is 254 g/mol. The molecule has 2 heteroatoms. The van der Waals surface area contributed by atoms with E-state index in [1.807, 2.05) is 0 Å². The maximum Gasteiger partial charge on any atom is 0.00470 e. The van der Waals surface area contributed by atoms with E-state index in [9.17, 15) is 0 Å². The maximum atomic E-state index is 3.71. The minimum atomic E-state index is 0.534. The van der Waals surface area contributed by atoms with Gasteiger partial charge in [-0.1, -0.05) is 40.5 Å². The van der Waals surface area contributed by atoms with Crippen LogP contribution in [-0.2, 0) is 0 Å². The average molecular weight is 254 g/mol. The molecule has 1 aliphatic carbocycles. The Labute approximate surface area is 115 Å². The molecule has 1 fully saturated rings. The summed E-state index contributed by atoms with van der Waals surface area (Å²) in [6.45, 7) is 14.1. The normalized spacial score (nSPS) is 29.2. The summed E-state index contributed by atoms with van der Waals surface area (Å²) < 4.78 is 0. The van der Waals surface area contributed by atoms with Crippen LogP contribution in [0.4, 0.5) is 0 Å². The van der Waals surface area contributed by atoms with Crippen LogP contribution in [-0.4, -0.2) is 38.1 Å². The molecule has 0 aliphatic heterocycles. The molecule has 0 bridgehead atoms. The van der Waals surface area contributed by atoms with Gasteiger partial charge in [-0.3, -0.25) is 0 Å². The van der Waals surface area contributed by atoms with E-state index in [4.69, 9.17) is 0 Å². The van der Waals surface area contributed by atoms with Crippen molar-refractivity contribution >= 4 is 0 Å². The Morgan fingerprint density at radius 2 is 1.89 bits per heavy atom. The van der Waals surface area contributed by atoms with E-state index in [1.54, 1.807) is 0 Å². The van der Waals surface area contributed by atoms with Crippen LogP contribution in [0.15, 0.2) is 0 Å². The van der Waals surface area contributed by atoms with Gasteiger partial charge in [-0.15, -0.1) is 0 Å². The molecular weight excluding hydrogens is 220 g/mol. The number of rotatable bonds is 7. The van der Waals surface area contributed by atoms with Gasteiger partial charge in [0.1, 0.15) is 0 Å². The first kappa shape index (κ1) is 16.0. The highest BCUT2D eigenvalue weighted by atomic mass is 15.1. The molecule has 1 rings (SSSR count). The molecule has 0 spiro atoms. The van der Waals surface area contributed by atoms with Gasteiger partial charge in [0, 0.05) is 13.1 Å². The molecule has 0 unspecified atom stereocenters. The smallest absolute Gasteiger partial charge is 0.00470 e. The van der Waals surface area contributed by atoms with Crippen molar-refractivity contribution < 1.29 is 0 Å². The van der Waals surface area contributed by atoms with Crippen molar-refractivity contribution in [3.63, 3.8) is 0 Å². The van der Waals surface area contributed by atoms with Crippen LogP contribution in [0.3, 0.4) is 0 Å². The zero-order chi connectivity index (χ0) is 13.6. The molecule has 2 nitrogen and oxygen atoms in total. The van der Waals surface area contributed by atoms with E-state index in [0.717, 1.165) is 18.4 Å². The average Bonchev–Trinajstić information content (AvgIpc) is 2.32. The summed E-state index contributed by atoms with van der Waals surface area (Å²) in [5.41, 5.74) is 0.534. The molecule has 0 aromatic heterocycles. The van der Waals surface area contributed by atoms with Crippen LogP contribution in [0.1, 0.15) is 53.4 Å². The van der Waals surface area contributed by atoms with Crippen molar-refractivity contribution in [3.8, 4) is 0 Å². The van der Waals surface area contributed by atoms with E-state index < -0.39 is 0 Å². The molecular formula is C16H34N2. The lowest BCUT2D eigenvalue weighted by molar-refractivity contribution is 0.100. The second-order valence-corrected chi connectivity index (χ2v) is 7.04. The lowest BCUT2D eigenvalue weighted by Gasteiger charge is -2.42. The van der Waals surface area contributed by atoms with E-state index in [0.29, 0.717) is 5.41 Å². The summed E-state index contributed by atoms with van der Waals surface area (Å²) in [7, 11) is 2.27. The molecule has 0 heterocycles. The van der Waals surface area contributed by atoms with Crippen molar-refractivity contribution in [2.24, 2.45) is 17.3 Å². The van der Waals surface area contributed by atoms with Gasteiger partial charge in [-0.05, 0) is 50.2 Å². The quantitative estimate of drug-likeness (QED) is 0.749. The van der Waals surface area contributed by atoms with E-state index in [1.165, 1.54) is 45.3 Å². The van der Waals surface area contributed by atoms with Gasteiger partial charge in [-0.2, -0.15) is 0 Å². The van der Waals surface area contributed by atoms with Crippen LogP contribution < -0.4 is 5.32 Å². The minimum absolute atomic E-state index is 0.534. The van der Waals surface area contributed by atoms with Gasteiger partial charge in [-0.25, -0.2) is 0 Å². The number of nitrogens with one attached hydrogen (secondary N) is 1. The van der Waals surface area contributed by atoms with Gasteiger partial charge in [0.25, 0.3) is 0 Å². The van der Waals surface area contributed by atoms with Crippen LogP contribution in [0.5, 0.6) is 0 Å². The van der Waals surface area contributed by atoms with Crippen molar-refractivity contribution in [2.45, 2.75) is 53.4 Å². The summed E-state index contributed by atoms with van der Waals surface area (Å²) in [6.07, 6.45) is 5.65. The molecule has 1 aliphatic rings. The first-order valence-electron chi connectivity index (χ1n) is 7.86. The first-order chi connectivity index (χ1) is 8.47. The Kier molecular flexibility index (Phi) is 6.65. The van der Waals surface area contributed by atoms with E-state index in [2.05, 4.69) is 45.0 Å². The first-order valence-corrected chi connectivity index (χ1v) is 7.86. The SMILES string of the molecule is CCN(C)CC1(CNCC(C)C)CCC(C)CC1. The van der Waals surface area contributed by atoms with Gasteiger partial charge >= 0.3 is 0 Å². The van der Waals surface area contributed by atoms with Gasteiger partial charge < -0.3 is 10.2 Å².